The highest BCUT2D eigenvalue weighted by Gasteiger charge is 2.43. The van der Waals surface area contributed by atoms with Crippen LogP contribution in [-0.4, -0.2) is 18.0 Å². The second-order valence-corrected chi connectivity index (χ2v) is 6.35. The van der Waals surface area contributed by atoms with Crippen LogP contribution in [0.5, 0.6) is 0 Å². The number of nitrogens with zero attached hydrogens (tertiary/aromatic N) is 1. The van der Waals surface area contributed by atoms with Gasteiger partial charge in [-0.2, -0.15) is 5.26 Å². The third kappa shape index (κ3) is 4.20. The van der Waals surface area contributed by atoms with Gasteiger partial charge in [-0.25, -0.2) is 0 Å². The third-order valence-electron chi connectivity index (χ3n) is 4.08. The predicted octanol–water partition coefficient (Wildman–Crippen LogP) is 1.77. The molecule has 1 amide bonds. The lowest BCUT2D eigenvalue weighted by Crippen LogP contribution is -2.87. The monoisotopic (exact) mass is 306 g/mol. The number of nitriles is 1. The van der Waals surface area contributed by atoms with E-state index in [0.29, 0.717) is 17.5 Å². The first-order valence-electron chi connectivity index (χ1n) is 7.25. The zero-order valence-corrected chi connectivity index (χ0v) is 13.2. The van der Waals surface area contributed by atoms with E-state index in [1.54, 1.807) is 0 Å². The number of quaternary nitrogens is 1. The topological polar surface area (TPSA) is 69.5 Å². The maximum atomic E-state index is 12.0. The first-order valence-corrected chi connectivity index (χ1v) is 7.63. The Morgan fingerprint density at radius 1 is 1.52 bits per heavy atom. The normalized spacial score (nSPS) is 18.4. The Labute approximate surface area is 130 Å². The maximum absolute atomic E-state index is 12.0. The summed E-state index contributed by atoms with van der Waals surface area (Å²) in [5.74, 6) is 0.215. The average Bonchev–Trinajstić information content (AvgIpc) is 3.30. The smallest absolute Gasteiger partial charge is 0.276 e. The van der Waals surface area contributed by atoms with Gasteiger partial charge in [-0.3, -0.25) is 4.79 Å². The van der Waals surface area contributed by atoms with Crippen LogP contribution in [0.3, 0.4) is 0 Å². The second-order valence-electron chi connectivity index (χ2n) is 5.92. The van der Waals surface area contributed by atoms with E-state index in [0.717, 1.165) is 18.4 Å². The molecule has 4 nitrogen and oxygen atoms in total. The van der Waals surface area contributed by atoms with Gasteiger partial charge in [0.05, 0.1) is 6.07 Å². The van der Waals surface area contributed by atoms with Gasteiger partial charge in [0.25, 0.3) is 5.91 Å². The van der Waals surface area contributed by atoms with Gasteiger partial charge >= 0.3 is 0 Å². The molecule has 0 heterocycles. The van der Waals surface area contributed by atoms with Crippen LogP contribution >= 0.6 is 11.6 Å². The molecule has 0 spiro atoms. The molecular weight excluding hydrogens is 286 g/mol. The van der Waals surface area contributed by atoms with E-state index >= 15 is 0 Å². The van der Waals surface area contributed by atoms with Crippen LogP contribution < -0.4 is 10.6 Å². The van der Waals surface area contributed by atoms with Crippen molar-refractivity contribution in [3.05, 3.63) is 34.9 Å². The fourth-order valence-electron chi connectivity index (χ4n) is 2.41. The van der Waals surface area contributed by atoms with Crippen LogP contribution in [-0.2, 0) is 4.79 Å². The molecule has 0 saturated heterocycles. The van der Waals surface area contributed by atoms with E-state index in [1.807, 2.05) is 43.4 Å². The Balaban J connectivity index is 1.83. The largest absolute Gasteiger partial charge is 0.333 e. The second kappa shape index (κ2) is 6.46. The standard InChI is InChI=1S/C16H20ClN3O/c1-11(12-3-7-14(17)8-4-12)19-9-15(21)20-16(2,10-18)13-5-6-13/h3-4,7-8,11,13,19H,5-6,9H2,1-2H3,(H,20,21)/p+1/t11-,16-/m0/s1. The molecule has 0 aliphatic heterocycles. The SMILES string of the molecule is C[C@H]([NH2+]CC(=O)N[C@@](C)(C#N)C1CC1)c1ccc(Cl)cc1. The lowest BCUT2D eigenvalue weighted by atomic mass is 9.98. The highest BCUT2D eigenvalue weighted by Crippen LogP contribution is 2.39. The molecular formula is C16H21ClN3O+. The van der Waals surface area contributed by atoms with Crippen LogP contribution in [0.15, 0.2) is 24.3 Å². The van der Waals surface area contributed by atoms with Gasteiger partial charge in [-0.15, -0.1) is 0 Å². The molecule has 21 heavy (non-hydrogen) atoms. The van der Waals surface area contributed by atoms with Crippen LogP contribution in [0.1, 0.15) is 38.3 Å². The Morgan fingerprint density at radius 2 is 2.14 bits per heavy atom. The van der Waals surface area contributed by atoms with Gasteiger partial charge in [0, 0.05) is 10.6 Å². The zero-order valence-electron chi connectivity index (χ0n) is 12.4. The summed E-state index contributed by atoms with van der Waals surface area (Å²) in [7, 11) is 0. The van der Waals surface area contributed by atoms with Crippen molar-refractivity contribution < 1.29 is 10.1 Å². The van der Waals surface area contributed by atoms with E-state index in [1.165, 1.54) is 0 Å². The molecule has 1 aliphatic carbocycles. The number of halogens is 1. The van der Waals surface area contributed by atoms with Crippen LogP contribution in [0.2, 0.25) is 5.02 Å². The summed E-state index contributed by atoms with van der Waals surface area (Å²) in [5.41, 5.74) is 0.409. The van der Waals surface area contributed by atoms with E-state index in [2.05, 4.69) is 11.4 Å². The van der Waals surface area contributed by atoms with Crippen molar-refractivity contribution in [3.8, 4) is 6.07 Å². The molecule has 1 aromatic carbocycles. The van der Waals surface area contributed by atoms with E-state index in [4.69, 9.17) is 11.6 Å². The van der Waals surface area contributed by atoms with Crippen LogP contribution in [0.25, 0.3) is 0 Å². The fourth-order valence-corrected chi connectivity index (χ4v) is 2.53. The summed E-state index contributed by atoms with van der Waals surface area (Å²) in [6, 6.07) is 10.0. The lowest BCUT2D eigenvalue weighted by molar-refractivity contribution is -0.682. The van der Waals surface area contributed by atoms with Crippen molar-refractivity contribution in [2.24, 2.45) is 5.92 Å². The maximum Gasteiger partial charge on any atom is 0.276 e. The lowest BCUT2D eigenvalue weighted by Gasteiger charge is -2.22. The summed E-state index contributed by atoms with van der Waals surface area (Å²) in [6.45, 7) is 4.17. The number of nitrogens with one attached hydrogen (secondary N) is 1. The first kappa shape index (κ1) is 15.8. The van der Waals surface area contributed by atoms with Crippen molar-refractivity contribution in [2.45, 2.75) is 38.3 Å². The molecule has 2 rings (SSSR count). The van der Waals surface area contributed by atoms with E-state index in [-0.39, 0.29) is 11.9 Å². The average molecular weight is 307 g/mol. The molecule has 2 atom stereocenters. The molecule has 0 radical (unpaired) electrons. The zero-order chi connectivity index (χ0) is 15.5. The minimum atomic E-state index is -0.714. The van der Waals surface area contributed by atoms with E-state index in [9.17, 15) is 10.1 Å². The van der Waals surface area contributed by atoms with Gasteiger partial charge in [0.1, 0.15) is 11.6 Å². The minimum absolute atomic E-state index is 0.0910. The number of hydrogen-bond acceptors (Lipinski definition) is 2. The van der Waals surface area contributed by atoms with Crippen molar-refractivity contribution in [3.63, 3.8) is 0 Å². The molecule has 112 valence electrons. The third-order valence-corrected chi connectivity index (χ3v) is 4.33. The highest BCUT2D eigenvalue weighted by atomic mass is 35.5. The predicted molar refractivity (Wildman–Crippen MR) is 81.5 cm³/mol. The summed E-state index contributed by atoms with van der Waals surface area (Å²) < 4.78 is 0. The first-order chi connectivity index (χ1) is 9.94. The molecule has 0 bridgehead atoms. The summed E-state index contributed by atoms with van der Waals surface area (Å²) >= 11 is 5.86. The molecule has 0 aromatic heterocycles. The summed E-state index contributed by atoms with van der Waals surface area (Å²) in [4.78, 5) is 12.0. The molecule has 1 aliphatic rings. The Kier molecular flexibility index (Phi) is 4.87. The van der Waals surface area contributed by atoms with Gasteiger partial charge in [0.15, 0.2) is 6.54 Å². The number of carbonyl (C=O) groups excluding carboxylic acids is 1. The van der Waals surface area contributed by atoms with Gasteiger partial charge in [-0.05, 0) is 44.7 Å². The van der Waals surface area contributed by atoms with Gasteiger partial charge in [0.2, 0.25) is 0 Å². The fraction of sp³-hybridized carbons (Fsp3) is 0.500. The summed E-state index contributed by atoms with van der Waals surface area (Å²) in [5, 5.41) is 14.8. The summed E-state index contributed by atoms with van der Waals surface area (Å²) in [6.07, 6.45) is 2.05. The Hall–Kier alpha value is -1.57. The number of carbonyl (C=O) groups is 1. The van der Waals surface area contributed by atoms with Crippen molar-refractivity contribution in [1.29, 1.82) is 5.26 Å². The highest BCUT2D eigenvalue weighted by molar-refractivity contribution is 6.30. The minimum Gasteiger partial charge on any atom is -0.333 e. The quantitative estimate of drug-likeness (QED) is 0.841. The Morgan fingerprint density at radius 3 is 2.67 bits per heavy atom. The van der Waals surface area contributed by atoms with Gasteiger partial charge in [-0.1, -0.05) is 23.7 Å². The van der Waals surface area contributed by atoms with Crippen molar-refractivity contribution in [2.75, 3.05) is 6.54 Å². The van der Waals surface area contributed by atoms with Gasteiger partial charge < -0.3 is 10.6 Å². The number of rotatable bonds is 6. The van der Waals surface area contributed by atoms with Crippen LogP contribution in [0, 0.1) is 17.2 Å². The number of amides is 1. The molecule has 5 heteroatoms. The molecule has 3 N–H and O–H groups in total. The Bertz CT molecular complexity index is 548. The van der Waals surface area contributed by atoms with E-state index < -0.39 is 5.54 Å². The molecule has 1 fully saturated rings. The van der Waals surface area contributed by atoms with Crippen molar-refractivity contribution >= 4 is 17.5 Å². The number of hydrogen-bond donors (Lipinski definition) is 2. The van der Waals surface area contributed by atoms with Crippen molar-refractivity contribution in [1.82, 2.24) is 5.32 Å². The van der Waals surface area contributed by atoms with Crippen LogP contribution in [0.4, 0.5) is 0 Å². The molecule has 0 unspecified atom stereocenters. The number of nitrogens with two attached hydrogens (primary N) is 1. The molecule has 1 saturated carbocycles. The molecule has 1 aromatic rings. The number of benzene rings is 1.